The molecule has 0 unspecified atom stereocenters. The maximum Gasteiger partial charge on any atom is 0.242 e. The molecule has 0 aromatic heterocycles. The first kappa shape index (κ1) is 17.9. The maximum atomic E-state index is 11.8. The molecule has 0 spiro atoms. The number of amides is 2. The molecular formula is C15H21ClN2O2S. The van der Waals surface area contributed by atoms with Crippen LogP contribution in [0.25, 0.3) is 0 Å². The Bertz CT molecular complexity index is 465. The summed E-state index contributed by atoms with van der Waals surface area (Å²) in [5, 5.41) is 6.15. The third kappa shape index (κ3) is 7.39. The van der Waals surface area contributed by atoms with Gasteiger partial charge in [0.15, 0.2) is 0 Å². The van der Waals surface area contributed by atoms with Gasteiger partial charge < -0.3 is 10.6 Å². The van der Waals surface area contributed by atoms with Gasteiger partial charge in [-0.1, -0.05) is 18.5 Å². The Hall–Kier alpha value is -1.20. The van der Waals surface area contributed by atoms with Crippen LogP contribution in [-0.2, 0) is 9.59 Å². The highest BCUT2D eigenvalue weighted by Crippen LogP contribution is 2.20. The quantitative estimate of drug-likeness (QED) is 0.721. The van der Waals surface area contributed by atoms with Crippen molar-refractivity contribution in [2.45, 2.75) is 37.6 Å². The number of benzene rings is 1. The third-order valence-electron chi connectivity index (χ3n) is 2.73. The average molecular weight is 329 g/mol. The van der Waals surface area contributed by atoms with Crippen molar-refractivity contribution < 1.29 is 9.59 Å². The fraction of sp³-hybridized carbons (Fsp3) is 0.467. The lowest BCUT2D eigenvalue weighted by atomic mass is 10.3. The molecule has 0 fully saturated rings. The summed E-state index contributed by atoms with van der Waals surface area (Å²) >= 11 is 7.39. The number of nitrogens with one attached hydrogen (secondary N) is 2. The SMILES string of the molecule is CCCNC(=O)[C@H](C)NC(=O)CCSc1ccc(Cl)cc1. The molecule has 21 heavy (non-hydrogen) atoms. The minimum absolute atomic E-state index is 0.115. The number of carbonyl (C=O) groups is 2. The summed E-state index contributed by atoms with van der Waals surface area (Å²) < 4.78 is 0. The fourth-order valence-corrected chi connectivity index (χ4v) is 2.55. The van der Waals surface area contributed by atoms with Crippen molar-refractivity contribution in [2.75, 3.05) is 12.3 Å². The molecule has 6 heteroatoms. The van der Waals surface area contributed by atoms with E-state index in [1.165, 1.54) is 0 Å². The minimum atomic E-state index is -0.496. The summed E-state index contributed by atoms with van der Waals surface area (Å²) in [6.45, 7) is 4.30. The Morgan fingerprint density at radius 3 is 2.57 bits per heavy atom. The molecule has 0 aliphatic heterocycles. The van der Waals surface area contributed by atoms with Gasteiger partial charge in [-0.2, -0.15) is 0 Å². The lowest BCUT2D eigenvalue weighted by molar-refractivity contribution is -0.128. The van der Waals surface area contributed by atoms with Gasteiger partial charge in [-0.3, -0.25) is 9.59 Å². The van der Waals surface area contributed by atoms with E-state index in [1.54, 1.807) is 18.7 Å². The van der Waals surface area contributed by atoms with E-state index in [0.717, 1.165) is 11.3 Å². The Labute approximate surface area is 135 Å². The fourth-order valence-electron chi connectivity index (χ4n) is 1.57. The highest BCUT2D eigenvalue weighted by atomic mass is 35.5. The first-order valence-electron chi connectivity index (χ1n) is 6.98. The van der Waals surface area contributed by atoms with Crippen LogP contribution in [0.2, 0.25) is 5.02 Å². The third-order valence-corrected chi connectivity index (χ3v) is 4.00. The van der Waals surface area contributed by atoms with E-state index in [9.17, 15) is 9.59 Å². The summed E-state index contributed by atoms with van der Waals surface area (Å²) in [7, 11) is 0. The molecule has 0 aliphatic rings. The summed E-state index contributed by atoms with van der Waals surface area (Å²) in [6.07, 6.45) is 1.25. The van der Waals surface area contributed by atoms with E-state index in [2.05, 4.69) is 10.6 Å². The molecular weight excluding hydrogens is 308 g/mol. The largest absolute Gasteiger partial charge is 0.354 e. The highest BCUT2D eigenvalue weighted by molar-refractivity contribution is 7.99. The molecule has 0 radical (unpaired) electrons. The molecule has 0 aliphatic carbocycles. The zero-order valence-corrected chi connectivity index (χ0v) is 13.9. The lowest BCUT2D eigenvalue weighted by Crippen LogP contribution is -2.45. The predicted octanol–water partition coefficient (Wildman–Crippen LogP) is 2.85. The van der Waals surface area contributed by atoms with Crippen LogP contribution in [0, 0.1) is 0 Å². The molecule has 1 aromatic rings. The number of thioether (sulfide) groups is 1. The standard InChI is InChI=1S/C15H21ClN2O2S/c1-3-9-17-15(20)11(2)18-14(19)8-10-21-13-6-4-12(16)5-7-13/h4-7,11H,3,8-10H2,1-2H3,(H,17,20)(H,18,19)/t11-/m0/s1. The van der Waals surface area contributed by atoms with E-state index >= 15 is 0 Å². The molecule has 0 saturated heterocycles. The van der Waals surface area contributed by atoms with Gasteiger partial charge in [0.05, 0.1) is 0 Å². The van der Waals surface area contributed by atoms with Gasteiger partial charge in [0.25, 0.3) is 0 Å². The van der Waals surface area contributed by atoms with Gasteiger partial charge in [0, 0.05) is 28.6 Å². The van der Waals surface area contributed by atoms with Crippen LogP contribution in [0.15, 0.2) is 29.2 Å². The minimum Gasteiger partial charge on any atom is -0.354 e. The molecule has 116 valence electrons. The van der Waals surface area contributed by atoms with Crippen molar-refractivity contribution in [3.63, 3.8) is 0 Å². The average Bonchev–Trinajstić information content (AvgIpc) is 2.46. The van der Waals surface area contributed by atoms with Crippen molar-refractivity contribution >= 4 is 35.2 Å². The van der Waals surface area contributed by atoms with Crippen LogP contribution in [-0.4, -0.2) is 30.2 Å². The number of halogens is 1. The molecule has 0 bridgehead atoms. The summed E-state index contributed by atoms with van der Waals surface area (Å²) in [6, 6.07) is 7.00. The van der Waals surface area contributed by atoms with Crippen molar-refractivity contribution in [3.8, 4) is 0 Å². The molecule has 1 aromatic carbocycles. The summed E-state index contributed by atoms with van der Waals surface area (Å²) in [4.78, 5) is 24.4. The van der Waals surface area contributed by atoms with Gasteiger partial charge in [0.1, 0.15) is 6.04 Å². The van der Waals surface area contributed by atoms with Gasteiger partial charge in [0.2, 0.25) is 11.8 Å². The van der Waals surface area contributed by atoms with E-state index in [1.807, 2.05) is 31.2 Å². The molecule has 0 saturated carbocycles. The van der Waals surface area contributed by atoms with E-state index in [0.29, 0.717) is 23.7 Å². The molecule has 1 atom stereocenters. The zero-order valence-electron chi connectivity index (χ0n) is 12.3. The smallest absolute Gasteiger partial charge is 0.242 e. The first-order chi connectivity index (χ1) is 10.0. The van der Waals surface area contributed by atoms with Crippen LogP contribution < -0.4 is 10.6 Å². The zero-order chi connectivity index (χ0) is 15.7. The van der Waals surface area contributed by atoms with Crippen molar-refractivity contribution in [3.05, 3.63) is 29.3 Å². The van der Waals surface area contributed by atoms with Crippen molar-refractivity contribution in [2.24, 2.45) is 0 Å². The highest BCUT2D eigenvalue weighted by Gasteiger charge is 2.14. The number of hydrogen-bond acceptors (Lipinski definition) is 3. The predicted molar refractivity (Wildman–Crippen MR) is 87.7 cm³/mol. The van der Waals surface area contributed by atoms with Crippen LogP contribution in [0.4, 0.5) is 0 Å². The van der Waals surface area contributed by atoms with Gasteiger partial charge in [-0.25, -0.2) is 0 Å². The molecule has 2 N–H and O–H groups in total. The van der Waals surface area contributed by atoms with Crippen LogP contribution in [0.1, 0.15) is 26.7 Å². The van der Waals surface area contributed by atoms with Crippen LogP contribution in [0.3, 0.4) is 0 Å². The number of rotatable bonds is 8. The van der Waals surface area contributed by atoms with Crippen molar-refractivity contribution in [1.82, 2.24) is 10.6 Å². The number of carbonyl (C=O) groups excluding carboxylic acids is 2. The normalized spacial score (nSPS) is 11.8. The van der Waals surface area contributed by atoms with E-state index in [-0.39, 0.29) is 11.8 Å². The first-order valence-corrected chi connectivity index (χ1v) is 8.34. The van der Waals surface area contributed by atoms with Gasteiger partial charge in [-0.05, 0) is 37.6 Å². The second kappa shape index (κ2) is 9.68. The monoisotopic (exact) mass is 328 g/mol. The molecule has 0 heterocycles. The Morgan fingerprint density at radius 1 is 1.29 bits per heavy atom. The molecule has 4 nitrogen and oxygen atoms in total. The second-order valence-electron chi connectivity index (χ2n) is 4.63. The van der Waals surface area contributed by atoms with Gasteiger partial charge >= 0.3 is 0 Å². The second-order valence-corrected chi connectivity index (χ2v) is 6.24. The molecule has 2 amide bonds. The Balaban J connectivity index is 2.24. The topological polar surface area (TPSA) is 58.2 Å². The van der Waals surface area contributed by atoms with E-state index in [4.69, 9.17) is 11.6 Å². The number of hydrogen-bond donors (Lipinski definition) is 2. The maximum absolute atomic E-state index is 11.8. The van der Waals surface area contributed by atoms with E-state index < -0.39 is 6.04 Å². The summed E-state index contributed by atoms with van der Waals surface area (Å²) in [5.41, 5.74) is 0. The Kier molecular flexibility index (Phi) is 8.23. The van der Waals surface area contributed by atoms with Crippen molar-refractivity contribution in [1.29, 1.82) is 0 Å². The Morgan fingerprint density at radius 2 is 1.95 bits per heavy atom. The van der Waals surface area contributed by atoms with Gasteiger partial charge in [-0.15, -0.1) is 11.8 Å². The summed E-state index contributed by atoms with van der Waals surface area (Å²) in [5.74, 6) is 0.405. The molecule has 1 rings (SSSR count). The lowest BCUT2D eigenvalue weighted by Gasteiger charge is -2.13. The van der Waals surface area contributed by atoms with Crippen LogP contribution >= 0.6 is 23.4 Å². The van der Waals surface area contributed by atoms with Crippen LogP contribution in [0.5, 0.6) is 0 Å².